The fourth-order valence-corrected chi connectivity index (χ4v) is 4.53. The van der Waals surface area contributed by atoms with Crippen molar-refractivity contribution in [3.63, 3.8) is 0 Å². The maximum atomic E-state index is 11.9. The van der Waals surface area contributed by atoms with Crippen LogP contribution in [-0.2, 0) is 9.47 Å². The first-order valence-corrected chi connectivity index (χ1v) is 8.03. The molecular weight excluding hydrogens is 360 g/mol. The summed E-state index contributed by atoms with van der Waals surface area (Å²) >= 11 is -0.865. The minimum absolute atomic E-state index is 0.350. The van der Waals surface area contributed by atoms with Gasteiger partial charge in [0, 0.05) is 0 Å². The maximum absolute atomic E-state index is 11.9. The summed E-state index contributed by atoms with van der Waals surface area (Å²) in [7, 11) is 2.63. The molecule has 98 valence electrons. The van der Waals surface area contributed by atoms with Crippen molar-refractivity contribution in [2.45, 2.75) is 0 Å². The molecule has 0 atom stereocenters. The summed E-state index contributed by atoms with van der Waals surface area (Å²) in [6.45, 7) is 0. The Hall–Kier alpha value is -1.57. The molecule has 0 aliphatic rings. The average molecular weight is 372 g/mol. The molecule has 4 nitrogen and oxygen atoms in total. The second kappa shape index (κ2) is 6.05. The Morgan fingerprint density at radius 2 is 1.63 bits per heavy atom. The van der Waals surface area contributed by atoms with Gasteiger partial charge in [-0.1, -0.05) is 0 Å². The van der Waals surface area contributed by atoms with E-state index < -0.39 is 32.4 Å². The molecule has 0 aliphatic carbocycles. The van der Waals surface area contributed by atoms with Crippen LogP contribution in [0.5, 0.6) is 0 Å². The van der Waals surface area contributed by atoms with E-state index in [1.54, 1.807) is 0 Å². The second-order valence-corrected chi connectivity index (χ2v) is 6.21. The standard InChI is InChI=1S/C14H12O4Te/c1-17-13(15)11-10(9-6-4-3-5-7-9)8-19-12(11)14(16)18-2/h3-8H,1-2H3. The van der Waals surface area contributed by atoms with Crippen molar-refractivity contribution in [1.82, 2.24) is 0 Å². The van der Waals surface area contributed by atoms with Crippen molar-refractivity contribution in [1.29, 1.82) is 0 Å². The van der Waals surface area contributed by atoms with E-state index in [1.807, 2.05) is 34.4 Å². The molecule has 1 heterocycles. The van der Waals surface area contributed by atoms with Gasteiger partial charge in [-0.3, -0.25) is 0 Å². The number of ether oxygens (including phenoxy) is 2. The molecule has 0 fully saturated rings. The molecule has 0 saturated carbocycles. The van der Waals surface area contributed by atoms with Crippen molar-refractivity contribution in [2.24, 2.45) is 0 Å². The number of carbonyl (C=O) groups excluding carboxylic acids is 2. The van der Waals surface area contributed by atoms with Gasteiger partial charge >= 0.3 is 120 Å². The zero-order valence-corrected chi connectivity index (χ0v) is 12.8. The SMILES string of the molecule is COC(=O)c1[te]cc(-c2ccccc2)c1C(=O)OC. The van der Waals surface area contributed by atoms with E-state index in [0.717, 1.165) is 11.1 Å². The fraction of sp³-hybridized carbons (Fsp3) is 0.143. The van der Waals surface area contributed by atoms with E-state index in [2.05, 4.69) is 0 Å². The molecule has 2 rings (SSSR count). The van der Waals surface area contributed by atoms with Gasteiger partial charge in [0.1, 0.15) is 0 Å². The number of carbonyl (C=O) groups is 2. The Kier molecular flexibility index (Phi) is 4.41. The molecule has 0 amide bonds. The van der Waals surface area contributed by atoms with Crippen LogP contribution in [0.3, 0.4) is 0 Å². The number of rotatable bonds is 3. The quantitative estimate of drug-likeness (QED) is 0.611. The van der Waals surface area contributed by atoms with Crippen molar-refractivity contribution in [2.75, 3.05) is 14.2 Å². The van der Waals surface area contributed by atoms with Crippen LogP contribution in [0.1, 0.15) is 18.7 Å². The van der Waals surface area contributed by atoms with Gasteiger partial charge in [0.25, 0.3) is 0 Å². The van der Waals surface area contributed by atoms with Gasteiger partial charge in [-0.2, -0.15) is 0 Å². The molecule has 0 bridgehead atoms. The molecule has 0 N–H and O–H groups in total. The molecule has 19 heavy (non-hydrogen) atoms. The molecule has 5 heteroatoms. The van der Waals surface area contributed by atoms with E-state index >= 15 is 0 Å². The van der Waals surface area contributed by atoms with Crippen LogP contribution in [-0.4, -0.2) is 46.6 Å². The van der Waals surface area contributed by atoms with Crippen LogP contribution >= 0.6 is 0 Å². The minimum atomic E-state index is -0.865. The third-order valence-electron chi connectivity index (χ3n) is 2.64. The summed E-state index contributed by atoms with van der Waals surface area (Å²) in [6.07, 6.45) is 0. The summed E-state index contributed by atoms with van der Waals surface area (Å²) < 4.78 is 12.0. The van der Waals surface area contributed by atoms with Crippen molar-refractivity contribution in [3.8, 4) is 11.1 Å². The Morgan fingerprint density at radius 1 is 1.00 bits per heavy atom. The molecule has 0 spiro atoms. The third kappa shape index (κ3) is 2.73. The first-order valence-electron chi connectivity index (χ1n) is 5.52. The van der Waals surface area contributed by atoms with Crippen molar-refractivity contribution >= 4 is 32.4 Å². The molecule has 0 radical (unpaired) electrons. The first-order chi connectivity index (χ1) is 9.19. The predicted molar refractivity (Wildman–Crippen MR) is 71.5 cm³/mol. The summed E-state index contributed by atoms with van der Waals surface area (Å²) in [6, 6.07) is 9.49. The molecular formula is C14H12O4Te. The summed E-state index contributed by atoms with van der Waals surface area (Å²) in [5, 5.41) is 0. The van der Waals surface area contributed by atoms with Crippen molar-refractivity contribution < 1.29 is 19.1 Å². The van der Waals surface area contributed by atoms with Crippen LogP contribution in [0.2, 0.25) is 0 Å². The monoisotopic (exact) mass is 374 g/mol. The molecule has 0 unspecified atom stereocenters. The first kappa shape index (κ1) is 13.9. The number of benzene rings is 1. The van der Waals surface area contributed by atoms with Gasteiger partial charge in [-0.05, 0) is 0 Å². The molecule has 1 aromatic heterocycles. The molecule has 0 aliphatic heterocycles. The third-order valence-corrected chi connectivity index (χ3v) is 5.38. The van der Waals surface area contributed by atoms with Crippen LogP contribution in [0, 0.1) is 0 Å². The zero-order chi connectivity index (χ0) is 13.8. The Labute approximate surface area is 120 Å². The van der Waals surface area contributed by atoms with Crippen LogP contribution in [0.4, 0.5) is 0 Å². The molecule has 1 aromatic carbocycles. The number of methoxy groups -OCH3 is 2. The van der Waals surface area contributed by atoms with E-state index in [0.29, 0.717) is 9.14 Å². The van der Waals surface area contributed by atoms with Crippen molar-refractivity contribution in [3.05, 3.63) is 43.6 Å². The van der Waals surface area contributed by atoms with E-state index in [9.17, 15) is 9.59 Å². The van der Waals surface area contributed by atoms with Gasteiger partial charge in [0.15, 0.2) is 0 Å². The number of hydrogen-bond donors (Lipinski definition) is 0. The Balaban J connectivity index is 2.60. The van der Waals surface area contributed by atoms with E-state index in [4.69, 9.17) is 9.47 Å². The van der Waals surface area contributed by atoms with Gasteiger partial charge in [0.2, 0.25) is 0 Å². The number of esters is 2. The molecule has 0 saturated heterocycles. The topological polar surface area (TPSA) is 52.6 Å². The Bertz CT molecular complexity index is 601. The molecule has 2 aromatic rings. The van der Waals surface area contributed by atoms with Gasteiger partial charge in [-0.15, -0.1) is 0 Å². The zero-order valence-electron chi connectivity index (χ0n) is 10.5. The van der Waals surface area contributed by atoms with Gasteiger partial charge in [0.05, 0.1) is 0 Å². The predicted octanol–water partition coefficient (Wildman–Crippen LogP) is 1.98. The van der Waals surface area contributed by atoms with Crippen LogP contribution in [0.15, 0.2) is 34.4 Å². The second-order valence-electron chi connectivity index (χ2n) is 3.70. The fourth-order valence-electron chi connectivity index (χ4n) is 1.74. The average Bonchev–Trinajstić information content (AvgIpc) is 2.91. The van der Waals surface area contributed by atoms with Crippen LogP contribution < -0.4 is 0 Å². The van der Waals surface area contributed by atoms with Crippen LogP contribution in [0.25, 0.3) is 11.1 Å². The van der Waals surface area contributed by atoms with E-state index in [1.165, 1.54) is 14.2 Å². The van der Waals surface area contributed by atoms with Gasteiger partial charge < -0.3 is 0 Å². The normalized spacial score (nSPS) is 10.0. The summed E-state index contributed by atoms with van der Waals surface area (Å²) in [4.78, 5) is 23.7. The van der Waals surface area contributed by atoms with Gasteiger partial charge in [-0.25, -0.2) is 0 Å². The number of hydrogen-bond acceptors (Lipinski definition) is 4. The summed E-state index contributed by atoms with van der Waals surface area (Å²) in [5.74, 6) is -0.928. The Morgan fingerprint density at radius 3 is 2.21 bits per heavy atom. The van der Waals surface area contributed by atoms with E-state index in [-0.39, 0.29) is 0 Å². The summed E-state index contributed by atoms with van der Waals surface area (Å²) in [5.41, 5.74) is 2.03.